The van der Waals surface area contributed by atoms with E-state index in [0.717, 1.165) is 27.7 Å². The lowest BCUT2D eigenvalue weighted by molar-refractivity contribution is -0.404. The summed E-state index contributed by atoms with van der Waals surface area (Å²) in [6.07, 6.45) is -119. The van der Waals surface area contributed by atoms with E-state index in [4.69, 9.17) is 109 Å². The lowest BCUT2D eigenvalue weighted by Gasteiger charge is -2.52. The van der Waals surface area contributed by atoms with Gasteiger partial charge in [-0.25, -0.2) is 0 Å². The molecule has 12 aliphatic heterocycles. The molecule has 4 amide bonds. The standard InChI is InChI=1S/C80H134N4O58/c1-17-37(96)47(106)54(113)73(122-17)120-16-32-61(45(104)33(69(119)125-32)81-20(4)92)134-70-34(82-21(5)93)46(105)60(28(12-89)130-70)135-78-59(118)66(140-80-68(53(112)43(102)27(11-88)129-80)142-72-36(84-23(7)95)65(139-75-56(115)49(108)39(98)19(3)124-75)63(30(14-91)132-72)137-77-58(117)51(110)41(100)25(9-86)127-77)44(103)31(133-78)15-121-79-67(52(111)42(101)26(10-87)128-79)141-71-35(83-22(6)94)64(138-74-55(114)48(107)38(97)18(2)123-74)62(29(13-90)131-71)136-76-57(116)50(109)40(99)24(8-85)126-76/h17-19,24-80,85-91,96-119H,8-16H2,1-7H3,(H,81,92)(H,82,93)(H,83,94)(H,84,95)/t17-,18-,19-,24+,25+,26+,27+,28+,29+,30+,31+,32+,33+,34+,35+,36-,37+,38+,39+,40-,41-,42+,43+,44+,45+,46+,47+,48+,49+,50-,51-,52-,53-,54-,55-,56-,57+,58+,59-,60+,61+,62+,63+,64+,65+,66-,67-,68-,69?,70-,71-,72-,73+,74-,75-,76-,77-,78-,79-,80+/m0/s1. The Labute approximate surface area is 805 Å². The second-order valence-corrected chi connectivity index (χ2v) is 36.6. The van der Waals surface area contributed by atoms with Crippen molar-refractivity contribution in [2.45, 2.75) is 417 Å². The van der Waals surface area contributed by atoms with Gasteiger partial charge in [0, 0.05) is 27.7 Å². The smallest absolute Gasteiger partial charge is 0.217 e. The Balaban J connectivity index is 0.917. The highest BCUT2D eigenvalue weighted by Gasteiger charge is 2.64. The molecule has 12 aliphatic rings. The Bertz CT molecular complexity index is 3940. The van der Waals surface area contributed by atoms with Gasteiger partial charge in [-0.3, -0.25) is 19.2 Å². The van der Waals surface area contributed by atoms with Crippen LogP contribution in [0.5, 0.6) is 0 Å². The van der Waals surface area contributed by atoms with E-state index >= 15 is 0 Å². The van der Waals surface area contributed by atoms with E-state index in [1.165, 1.54) is 20.8 Å². The van der Waals surface area contributed by atoms with Crippen LogP contribution in [0.1, 0.15) is 48.5 Å². The first-order valence-corrected chi connectivity index (χ1v) is 45.7. The Kier molecular flexibility index (Phi) is 41.2. The summed E-state index contributed by atoms with van der Waals surface area (Å²) in [4.78, 5) is 53.3. The number of aliphatic hydroxyl groups excluding tert-OH is 31. The topological polar surface area (TPSA) is 956 Å². The minimum absolute atomic E-state index is 0.875. The summed E-state index contributed by atoms with van der Waals surface area (Å²) in [5, 5.41) is 360. The fourth-order valence-electron chi connectivity index (χ4n) is 18.6. The van der Waals surface area contributed by atoms with E-state index in [1.54, 1.807) is 0 Å². The Morgan fingerprint density at radius 1 is 0.197 bits per heavy atom. The van der Waals surface area contributed by atoms with Gasteiger partial charge < -0.3 is 289 Å². The summed E-state index contributed by atoms with van der Waals surface area (Å²) in [7, 11) is 0. The van der Waals surface area contributed by atoms with Gasteiger partial charge in [-0.05, 0) is 20.8 Å². The van der Waals surface area contributed by atoms with Crippen LogP contribution < -0.4 is 21.3 Å². The van der Waals surface area contributed by atoms with Gasteiger partial charge in [0.2, 0.25) is 23.6 Å². The maximum Gasteiger partial charge on any atom is 0.217 e. The SMILES string of the molecule is CC(=O)N[C@@H]1[C@H](O[C@@H]2[C@@H](O[C@@H]3[C@H](O)[C@H](O[C@H]4[C@H](O)[C@@H](NC(C)=O)[C@H](O[C@H]5[C@H](O)[C@@H](NC(C)=O)C(O)O[C@@H]5CO[C@@H]5O[C@@H](C)[C@@H](O)[C@@H](O)[C@@H]5O)O[C@@H]4CO)O[C@H](CO[C@H]4O[C@H](CO)[C@@H](O)[C@H](O)[C@@H]4O[C@@H]4O[C@H](CO)[C@@H](O[C@@H]5O[C@H](CO)[C@H](O)[C@H](O)[C@H]5O)[C@H](O[C@@H]5O[C@@H](C)[C@@H](O)[C@@H](O)[C@@H]5O)[C@H]4NC(C)=O)[C@H]3O)O[C@H](CO)[C@@H](O)[C@@H]2O)O[C@H](CO)[C@@H](O[C@@H]2O[C@H](CO)[C@H](O)[C@H](O)[C@H]2O)[C@@H]1O[C@@H]1O[C@@H](C)[C@@H](O)[C@@H](O)[C@@H]1O. The first kappa shape index (κ1) is 116. The van der Waals surface area contributed by atoms with Crippen molar-refractivity contribution in [2.24, 2.45) is 0 Å². The zero-order valence-electron chi connectivity index (χ0n) is 76.9. The van der Waals surface area contributed by atoms with Crippen molar-refractivity contribution in [1.29, 1.82) is 0 Å². The largest absolute Gasteiger partial charge is 0.394 e. The van der Waals surface area contributed by atoms with Gasteiger partial charge in [-0.1, -0.05) is 0 Å². The zero-order valence-corrected chi connectivity index (χ0v) is 76.9. The fourth-order valence-corrected chi connectivity index (χ4v) is 18.6. The van der Waals surface area contributed by atoms with Crippen LogP contribution in [0.2, 0.25) is 0 Å². The Morgan fingerprint density at radius 2 is 0.451 bits per heavy atom. The minimum Gasteiger partial charge on any atom is -0.394 e. The molecule has 12 fully saturated rings. The number of carbonyl (C=O) groups is 4. The van der Waals surface area contributed by atoms with Crippen LogP contribution in [0.25, 0.3) is 0 Å². The van der Waals surface area contributed by atoms with Crippen molar-refractivity contribution in [3.8, 4) is 0 Å². The molecule has 1 unspecified atom stereocenters. The van der Waals surface area contributed by atoms with Crippen LogP contribution in [-0.4, -0.2) is 610 Å². The molecule has 60 atom stereocenters. The molecule has 0 saturated carbocycles. The van der Waals surface area contributed by atoms with Gasteiger partial charge in [0.15, 0.2) is 75.5 Å². The number of hydrogen-bond acceptors (Lipinski definition) is 58. The molecule has 0 aromatic rings. The predicted octanol–water partition coefficient (Wildman–Crippen LogP) is -23.5. The number of hydrogen-bond donors (Lipinski definition) is 35. The fraction of sp³-hybridized carbons (Fsp3) is 0.950. The van der Waals surface area contributed by atoms with Crippen molar-refractivity contribution < 1.29 is 286 Å². The van der Waals surface area contributed by atoms with Crippen LogP contribution in [-0.2, 0) is 128 Å². The average molecular weight is 2080 g/mol. The summed E-state index contributed by atoms with van der Waals surface area (Å²) in [6.45, 7) is -3.33. The van der Waals surface area contributed by atoms with Crippen LogP contribution in [0.4, 0.5) is 0 Å². The highest BCUT2D eigenvalue weighted by atomic mass is 16.8. The number of aliphatic hydroxyl groups is 31. The summed E-state index contributed by atoms with van der Waals surface area (Å²) in [6, 6.07) is -8.10. The number of rotatable bonds is 35. The molecule has 0 aromatic heterocycles. The number of ether oxygens (including phenoxy) is 23. The highest BCUT2D eigenvalue weighted by Crippen LogP contribution is 2.43. The molecule has 12 saturated heterocycles. The van der Waals surface area contributed by atoms with Gasteiger partial charge >= 0.3 is 0 Å². The van der Waals surface area contributed by atoms with Gasteiger partial charge in [0.1, 0.15) is 274 Å². The number of amides is 4. The summed E-state index contributed by atoms with van der Waals surface area (Å²) in [5.41, 5.74) is 0. The quantitative estimate of drug-likeness (QED) is 0.0280. The maximum atomic E-state index is 13.7. The van der Waals surface area contributed by atoms with Gasteiger partial charge in [0.25, 0.3) is 0 Å². The molecule has 35 N–H and O–H groups in total. The molecule has 0 radical (unpaired) electrons. The molecule has 822 valence electrons. The molecule has 12 rings (SSSR count). The third-order valence-corrected chi connectivity index (χ3v) is 26.6. The van der Waals surface area contributed by atoms with Crippen molar-refractivity contribution in [3.05, 3.63) is 0 Å². The number of nitrogens with one attached hydrogen (secondary N) is 4. The molecule has 62 nitrogen and oxygen atoms in total. The molecule has 142 heavy (non-hydrogen) atoms. The Hall–Kier alpha value is -4.28. The lowest BCUT2D eigenvalue weighted by Crippen LogP contribution is -2.71. The maximum absolute atomic E-state index is 13.7. The molecule has 0 aromatic carbocycles. The van der Waals surface area contributed by atoms with Crippen molar-refractivity contribution in [3.63, 3.8) is 0 Å². The minimum atomic E-state index is -2.74. The first-order chi connectivity index (χ1) is 67.1. The van der Waals surface area contributed by atoms with E-state index in [-0.39, 0.29) is 0 Å². The molecule has 0 aliphatic carbocycles. The van der Waals surface area contributed by atoms with Crippen molar-refractivity contribution >= 4 is 23.6 Å². The molecule has 62 heteroatoms. The number of carbonyl (C=O) groups excluding carboxylic acids is 4. The van der Waals surface area contributed by atoms with Crippen molar-refractivity contribution in [2.75, 3.05) is 59.5 Å². The third kappa shape index (κ3) is 25.4. The van der Waals surface area contributed by atoms with E-state index < -0.39 is 451 Å². The Morgan fingerprint density at radius 3 is 0.859 bits per heavy atom. The van der Waals surface area contributed by atoms with Crippen LogP contribution in [0, 0.1) is 0 Å². The average Bonchev–Trinajstić information content (AvgIpc) is 0.753. The zero-order chi connectivity index (χ0) is 104. The molecule has 0 spiro atoms. The van der Waals surface area contributed by atoms with Gasteiger partial charge in [-0.15, -0.1) is 0 Å². The molecular formula is C80H134N4O58. The summed E-state index contributed by atoms with van der Waals surface area (Å²) < 4.78 is 140. The molecule has 0 bridgehead atoms. The first-order valence-electron chi connectivity index (χ1n) is 45.7. The summed E-state index contributed by atoms with van der Waals surface area (Å²) >= 11 is 0. The third-order valence-electron chi connectivity index (χ3n) is 26.6. The van der Waals surface area contributed by atoms with E-state index in [1.807, 2.05) is 0 Å². The second-order valence-electron chi connectivity index (χ2n) is 36.6. The van der Waals surface area contributed by atoms with E-state index in [2.05, 4.69) is 21.3 Å². The monoisotopic (exact) mass is 2080 g/mol. The lowest BCUT2D eigenvalue weighted by atomic mass is 9.93. The van der Waals surface area contributed by atoms with Crippen LogP contribution in [0.3, 0.4) is 0 Å². The van der Waals surface area contributed by atoms with Crippen LogP contribution in [0.15, 0.2) is 0 Å². The summed E-state index contributed by atoms with van der Waals surface area (Å²) in [5.74, 6) is -4.02. The van der Waals surface area contributed by atoms with Crippen molar-refractivity contribution in [1.82, 2.24) is 21.3 Å². The van der Waals surface area contributed by atoms with E-state index in [9.17, 15) is 177 Å². The van der Waals surface area contributed by atoms with Gasteiger partial charge in [-0.2, -0.15) is 0 Å². The molecular weight excluding hydrogens is 1940 g/mol. The normalized spacial score (nSPS) is 50.9. The van der Waals surface area contributed by atoms with Crippen LogP contribution >= 0.6 is 0 Å². The second kappa shape index (κ2) is 50.3. The van der Waals surface area contributed by atoms with Gasteiger partial charge in [0.05, 0.1) is 77.8 Å². The predicted molar refractivity (Wildman–Crippen MR) is 437 cm³/mol. The molecule has 12 heterocycles. The highest BCUT2D eigenvalue weighted by molar-refractivity contribution is 5.74. The van der Waals surface area contributed by atoms with E-state index in [0.29, 0.717) is 0 Å².